The van der Waals surface area contributed by atoms with E-state index in [4.69, 9.17) is 0 Å². The zero-order valence-corrected chi connectivity index (χ0v) is 8.25. The van der Waals surface area contributed by atoms with Crippen molar-refractivity contribution >= 4 is 5.82 Å². The highest BCUT2D eigenvalue weighted by molar-refractivity contribution is 5.53. The number of pyridine rings is 1. The fourth-order valence-electron chi connectivity index (χ4n) is 0.952. The average molecular weight is 227 g/mol. The molecule has 16 heavy (non-hydrogen) atoms. The molecule has 0 aliphatic carbocycles. The smallest absolute Gasteiger partial charge is 0.263 e. The standard InChI is InChI=1S/C9H7F2N3O2/c1-12-9-6(3-2-4-14(15)16)5-7(10)8(11)13-9/h5H,4H2,1H3,(H,12,13). The van der Waals surface area contributed by atoms with E-state index in [9.17, 15) is 18.9 Å². The zero-order valence-electron chi connectivity index (χ0n) is 8.25. The Morgan fingerprint density at radius 2 is 2.31 bits per heavy atom. The summed E-state index contributed by atoms with van der Waals surface area (Å²) in [6, 6.07) is 0.834. The lowest BCUT2D eigenvalue weighted by Gasteiger charge is -2.02. The Hall–Kier alpha value is -2.23. The molecule has 0 aliphatic heterocycles. The maximum absolute atomic E-state index is 12.8. The van der Waals surface area contributed by atoms with Gasteiger partial charge in [-0.15, -0.1) is 0 Å². The molecule has 0 radical (unpaired) electrons. The van der Waals surface area contributed by atoms with E-state index in [-0.39, 0.29) is 11.4 Å². The largest absolute Gasteiger partial charge is 0.372 e. The predicted molar refractivity (Wildman–Crippen MR) is 52.4 cm³/mol. The Morgan fingerprint density at radius 3 is 2.88 bits per heavy atom. The van der Waals surface area contributed by atoms with Crippen LogP contribution in [0.1, 0.15) is 5.56 Å². The van der Waals surface area contributed by atoms with E-state index in [1.165, 1.54) is 7.05 Å². The summed E-state index contributed by atoms with van der Waals surface area (Å²) in [6.45, 7) is -0.567. The molecule has 1 rings (SSSR count). The number of nitrogens with one attached hydrogen (secondary N) is 1. The molecule has 0 bridgehead atoms. The Bertz CT molecular complexity index is 480. The van der Waals surface area contributed by atoms with Gasteiger partial charge < -0.3 is 5.32 Å². The summed E-state index contributed by atoms with van der Waals surface area (Å²) >= 11 is 0. The molecule has 0 spiro atoms. The van der Waals surface area contributed by atoms with Crippen molar-refractivity contribution in [3.05, 3.63) is 33.5 Å². The van der Waals surface area contributed by atoms with Gasteiger partial charge in [0.25, 0.3) is 12.5 Å². The number of hydrogen-bond acceptors (Lipinski definition) is 4. The highest BCUT2D eigenvalue weighted by atomic mass is 19.2. The Morgan fingerprint density at radius 1 is 1.62 bits per heavy atom. The van der Waals surface area contributed by atoms with Gasteiger partial charge >= 0.3 is 0 Å². The summed E-state index contributed by atoms with van der Waals surface area (Å²) in [5.74, 6) is 2.19. The number of rotatable bonds is 2. The second-order valence-corrected chi connectivity index (χ2v) is 2.70. The molecule has 1 heterocycles. The van der Waals surface area contributed by atoms with Crippen LogP contribution in [0.3, 0.4) is 0 Å². The second kappa shape index (κ2) is 5.02. The van der Waals surface area contributed by atoms with Crippen LogP contribution in [0.15, 0.2) is 6.07 Å². The average Bonchev–Trinajstić information content (AvgIpc) is 2.22. The first-order valence-electron chi connectivity index (χ1n) is 4.19. The highest BCUT2D eigenvalue weighted by Crippen LogP contribution is 2.14. The molecule has 5 nitrogen and oxygen atoms in total. The van der Waals surface area contributed by atoms with Crippen molar-refractivity contribution in [1.82, 2.24) is 4.98 Å². The van der Waals surface area contributed by atoms with Crippen LogP contribution in [0.2, 0.25) is 0 Å². The molecule has 1 N–H and O–H groups in total. The maximum atomic E-state index is 12.8. The fraction of sp³-hybridized carbons (Fsp3) is 0.222. The normalized spacial score (nSPS) is 9.19. The number of nitrogens with zero attached hydrogens (tertiary/aromatic N) is 2. The molecule has 0 fully saturated rings. The van der Waals surface area contributed by atoms with Crippen LogP contribution in [0.4, 0.5) is 14.6 Å². The van der Waals surface area contributed by atoms with Crippen molar-refractivity contribution in [3.8, 4) is 11.8 Å². The van der Waals surface area contributed by atoms with Gasteiger partial charge in [0, 0.05) is 12.0 Å². The molecule has 7 heteroatoms. The lowest BCUT2D eigenvalue weighted by molar-refractivity contribution is -0.466. The summed E-state index contributed by atoms with van der Waals surface area (Å²) in [5, 5.41) is 12.5. The fourth-order valence-corrected chi connectivity index (χ4v) is 0.952. The van der Waals surface area contributed by atoms with Crippen LogP contribution in [0.25, 0.3) is 0 Å². The molecular weight excluding hydrogens is 220 g/mol. The van der Waals surface area contributed by atoms with E-state index in [1.54, 1.807) is 0 Å². The van der Waals surface area contributed by atoms with E-state index in [0.717, 1.165) is 6.07 Å². The van der Waals surface area contributed by atoms with E-state index in [0.29, 0.717) is 0 Å². The zero-order chi connectivity index (χ0) is 12.1. The molecule has 0 aliphatic rings. The van der Waals surface area contributed by atoms with E-state index in [1.807, 2.05) is 0 Å². The molecular formula is C9H7F2N3O2. The first kappa shape index (κ1) is 11.8. The minimum absolute atomic E-state index is 0.0368. The summed E-state index contributed by atoms with van der Waals surface area (Å²) in [5.41, 5.74) is 0.0725. The van der Waals surface area contributed by atoms with E-state index < -0.39 is 23.2 Å². The van der Waals surface area contributed by atoms with Gasteiger partial charge in [-0.05, 0) is 12.0 Å². The van der Waals surface area contributed by atoms with Crippen LogP contribution in [0.5, 0.6) is 0 Å². The third-order valence-corrected chi connectivity index (χ3v) is 1.60. The van der Waals surface area contributed by atoms with Gasteiger partial charge in [-0.3, -0.25) is 10.1 Å². The van der Waals surface area contributed by atoms with Crippen molar-refractivity contribution in [2.24, 2.45) is 0 Å². The van der Waals surface area contributed by atoms with Gasteiger partial charge in [0.2, 0.25) is 0 Å². The number of nitro groups is 1. The Labute approximate surface area is 89.6 Å². The van der Waals surface area contributed by atoms with Gasteiger partial charge in [0.05, 0.1) is 5.56 Å². The van der Waals surface area contributed by atoms with Gasteiger partial charge in [-0.2, -0.15) is 9.37 Å². The third-order valence-electron chi connectivity index (χ3n) is 1.60. The minimum Gasteiger partial charge on any atom is -0.372 e. The molecule has 0 unspecified atom stereocenters. The minimum atomic E-state index is -1.25. The van der Waals surface area contributed by atoms with Gasteiger partial charge in [0.15, 0.2) is 5.82 Å². The van der Waals surface area contributed by atoms with Gasteiger partial charge in [-0.25, -0.2) is 4.39 Å². The van der Waals surface area contributed by atoms with Crippen molar-refractivity contribution in [2.45, 2.75) is 0 Å². The highest BCUT2D eigenvalue weighted by Gasteiger charge is 2.08. The van der Waals surface area contributed by atoms with Crippen molar-refractivity contribution < 1.29 is 13.7 Å². The summed E-state index contributed by atoms with van der Waals surface area (Å²) in [4.78, 5) is 12.6. The van der Waals surface area contributed by atoms with E-state index in [2.05, 4.69) is 22.1 Å². The summed E-state index contributed by atoms with van der Waals surface area (Å²) in [7, 11) is 1.46. The van der Waals surface area contributed by atoms with Crippen LogP contribution in [-0.2, 0) is 0 Å². The van der Waals surface area contributed by atoms with Gasteiger partial charge in [-0.1, -0.05) is 5.92 Å². The quantitative estimate of drug-likeness (QED) is 0.354. The molecule has 0 saturated carbocycles. The Kier molecular flexibility index (Phi) is 3.72. The van der Waals surface area contributed by atoms with Crippen LogP contribution in [0, 0.1) is 33.7 Å². The number of aromatic nitrogens is 1. The molecule has 1 aromatic rings. The molecule has 84 valence electrons. The van der Waals surface area contributed by atoms with Crippen LogP contribution in [-0.4, -0.2) is 23.5 Å². The second-order valence-electron chi connectivity index (χ2n) is 2.70. The lowest BCUT2D eigenvalue weighted by atomic mass is 10.2. The monoisotopic (exact) mass is 227 g/mol. The van der Waals surface area contributed by atoms with Crippen molar-refractivity contribution in [2.75, 3.05) is 18.9 Å². The predicted octanol–water partition coefficient (Wildman–Crippen LogP) is 1.03. The van der Waals surface area contributed by atoms with Crippen LogP contribution >= 0.6 is 0 Å². The third kappa shape index (κ3) is 2.88. The van der Waals surface area contributed by atoms with Gasteiger partial charge in [0.1, 0.15) is 5.82 Å². The first-order chi connectivity index (χ1) is 7.54. The number of halogens is 2. The molecule has 0 atom stereocenters. The molecule has 0 aromatic carbocycles. The summed E-state index contributed by atoms with van der Waals surface area (Å²) in [6.07, 6.45) is 0. The first-order valence-corrected chi connectivity index (χ1v) is 4.19. The van der Waals surface area contributed by atoms with Crippen molar-refractivity contribution in [1.29, 1.82) is 0 Å². The molecule has 0 saturated heterocycles. The number of anilines is 1. The molecule has 1 aromatic heterocycles. The van der Waals surface area contributed by atoms with E-state index >= 15 is 0 Å². The number of hydrogen-bond donors (Lipinski definition) is 1. The molecule has 0 amide bonds. The topological polar surface area (TPSA) is 68.1 Å². The summed E-state index contributed by atoms with van der Waals surface area (Å²) < 4.78 is 25.5. The van der Waals surface area contributed by atoms with Crippen LogP contribution < -0.4 is 5.32 Å². The maximum Gasteiger partial charge on any atom is 0.263 e. The Balaban J connectivity index is 3.06. The SMILES string of the molecule is CNc1nc(F)c(F)cc1C#CC[N+](=O)[O-]. The van der Waals surface area contributed by atoms with Crippen molar-refractivity contribution in [3.63, 3.8) is 0 Å². The lowest BCUT2D eigenvalue weighted by Crippen LogP contribution is -2.01.